The zero-order chi connectivity index (χ0) is 28.9. The lowest BCUT2D eigenvalue weighted by atomic mass is 9.95. The molecule has 3 aromatic carbocycles. The molecule has 0 radical (unpaired) electrons. The number of thioether (sulfide) groups is 1. The number of nitrogens with one attached hydrogen (secondary N) is 1. The van der Waals surface area contributed by atoms with E-state index in [4.69, 9.17) is 31.2 Å². The number of hydrogen-bond donors (Lipinski definition) is 1. The summed E-state index contributed by atoms with van der Waals surface area (Å²) in [5.74, 6) is 1.65. The van der Waals surface area contributed by atoms with Gasteiger partial charge in [-0.2, -0.15) is 4.98 Å². The number of benzene rings is 3. The van der Waals surface area contributed by atoms with E-state index < -0.39 is 6.04 Å². The number of ether oxygens (including phenoxy) is 2. The predicted molar refractivity (Wildman–Crippen MR) is 166 cm³/mol. The van der Waals surface area contributed by atoms with E-state index in [1.165, 1.54) is 18.2 Å². The summed E-state index contributed by atoms with van der Waals surface area (Å²) in [6, 6.07) is 25.2. The van der Waals surface area contributed by atoms with Crippen LogP contribution in [0.5, 0.6) is 5.75 Å². The fourth-order valence-corrected chi connectivity index (χ4v) is 6.52. The number of esters is 1. The van der Waals surface area contributed by atoms with Crippen LogP contribution in [0.15, 0.2) is 95.3 Å². The van der Waals surface area contributed by atoms with Gasteiger partial charge in [-0.3, -0.25) is 0 Å². The van der Waals surface area contributed by atoms with Gasteiger partial charge >= 0.3 is 5.97 Å². The average Bonchev–Trinajstić information content (AvgIpc) is 3.42. The Morgan fingerprint density at radius 2 is 1.74 bits per heavy atom. The minimum Gasteiger partial charge on any atom is -0.489 e. The Morgan fingerprint density at radius 3 is 2.50 bits per heavy atom. The van der Waals surface area contributed by atoms with E-state index in [0.29, 0.717) is 39.8 Å². The van der Waals surface area contributed by atoms with Gasteiger partial charge in [-0.25, -0.2) is 9.48 Å². The second-order valence-corrected chi connectivity index (χ2v) is 12.0. The lowest BCUT2D eigenvalue weighted by Gasteiger charge is -2.30. The van der Waals surface area contributed by atoms with Crippen molar-refractivity contribution < 1.29 is 14.3 Å². The molecule has 0 bridgehead atoms. The molecule has 1 fully saturated rings. The van der Waals surface area contributed by atoms with E-state index in [2.05, 4.69) is 5.32 Å². The average molecular weight is 601 g/mol. The smallest absolute Gasteiger partial charge is 0.338 e. The van der Waals surface area contributed by atoms with Crippen LogP contribution >= 0.6 is 23.4 Å². The Balaban J connectivity index is 1.27. The summed E-state index contributed by atoms with van der Waals surface area (Å²) in [6.45, 7) is 2.38. The lowest BCUT2D eigenvalue weighted by Crippen LogP contribution is -2.32. The van der Waals surface area contributed by atoms with E-state index in [0.717, 1.165) is 48.1 Å². The maximum absolute atomic E-state index is 13.7. The molecule has 0 saturated heterocycles. The Bertz CT molecular complexity index is 1570. The zero-order valence-electron chi connectivity index (χ0n) is 23.5. The molecule has 1 aliphatic heterocycles. The van der Waals surface area contributed by atoms with Crippen molar-refractivity contribution in [2.75, 3.05) is 5.32 Å². The fourth-order valence-electron chi connectivity index (χ4n) is 5.41. The van der Waals surface area contributed by atoms with Crippen LogP contribution in [-0.4, -0.2) is 26.8 Å². The molecule has 2 aliphatic rings. The summed E-state index contributed by atoms with van der Waals surface area (Å²) in [5.41, 5.74) is 4.26. The molecule has 7 nitrogen and oxygen atoms in total. The van der Waals surface area contributed by atoms with Crippen LogP contribution < -0.4 is 10.1 Å². The van der Waals surface area contributed by atoms with E-state index in [-0.39, 0.29) is 12.1 Å². The van der Waals surface area contributed by atoms with Crippen molar-refractivity contribution in [3.05, 3.63) is 112 Å². The van der Waals surface area contributed by atoms with Crippen molar-refractivity contribution in [1.29, 1.82) is 0 Å². The van der Waals surface area contributed by atoms with Crippen molar-refractivity contribution in [2.45, 2.75) is 68.7 Å². The van der Waals surface area contributed by atoms with Gasteiger partial charge in [0.2, 0.25) is 11.1 Å². The van der Waals surface area contributed by atoms with Crippen LogP contribution in [0.2, 0.25) is 5.02 Å². The summed E-state index contributed by atoms with van der Waals surface area (Å²) in [6.07, 6.45) is 5.11. The first kappa shape index (κ1) is 28.4. The van der Waals surface area contributed by atoms with Crippen molar-refractivity contribution in [3.8, 4) is 5.75 Å². The maximum Gasteiger partial charge on any atom is 0.338 e. The van der Waals surface area contributed by atoms with Gasteiger partial charge in [0.05, 0.1) is 5.57 Å². The summed E-state index contributed by atoms with van der Waals surface area (Å²) in [7, 11) is 0. The number of allylic oxidation sites excluding steroid dienone is 1. The van der Waals surface area contributed by atoms with Crippen LogP contribution in [0, 0.1) is 0 Å². The quantitative estimate of drug-likeness (QED) is 0.154. The second kappa shape index (κ2) is 13.0. The third-order valence-electron chi connectivity index (χ3n) is 7.64. The highest BCUT2D eigenvalue weighted by Crippen LogP contribution is 2.38. The molecule has 2 heterocycles. The van der Waals surface area contributed by atoms with Gasteiger partial charge in [0.1, 0.15) is 24.5 Å². The summed E-state index contributed by atoms with van der Waals surface area (Å²) in [5, 5.41) is 9.48. The molecule has 1 unspecified atom stereocenters. The first-order valence-electron chi connectivity index (χ1n) is 14.3. The Kier molecular flexibility index (Phi) is 8.81. The monoisotopic (exact) mass is 600 g/mol. The van der Waals surface area contributed by atoms with E-state index in [1.807, 2.05) is 85.8 Å². The third-order valence-corrected chi connectivity index (χ3v) is 8.89. The minimum atomic E-state index is -0.498. The summed E-state index contributed by atoms with van der Waals surface area (Å²) in [4.78, 5) is 18.5. The first-order valence-corrected chi connectivity index (χ1v) is 15.7. The predicted octanol–water partition coefficient (Wildman–Crippen LogP) is 7.97. The molecule has 0 spiro atoms. The fraction of sp³-hybridized carbons (Fsp3) is 0.303. The van der Waals surface area contributed by atoms with Gasteiger partial charge in [0, 0.05) is 16.5 Å². The highest BCUT2D eigenvalue weighted by atomic mass is 35.5. The van der Waals surface area contributed by atoms with Gasteiger partial charge in [-0.15, -0.1) is 5.10 Å². The molecular weight excluding hydrogens is 568 g/mol. The molecule has 1 atom stereocenters. The highest BCUT2D eigenvalue weighted by molar-refractivity contribution is 7.98. The number of fused-ring (bicyclic) bond motifs is 1. The minimum absolute atomic E-state index is 0.0557. The molecule has 1 saturated carbocycles. The Labute approximate surface area is 255 Å². The highest BCUT2D eigenvalue weighted by Gasteiger charge is 2.36. The second-order valence-electron chi connectivity index (χ2n) is 10.6. The zero-order valence-corrected chi connectivity index (χ0v) is 25.0. The lowest BCUT2D eigenvalue weighted by molar-refractivity contribution is -0.146. The molecule has 9 heteroatoms. The molecule has 1 aromatic heterocycles. The number of halogens is 1. The molecule has 1 N–H and O–H groups in total. The Hall–Kier alpha value is -3.75. The van der Waals surface area contributed by atoms with Crippen molar-refractivity contribution in [3.63, 3.8) is 0 Å². The van der Waals surface area contributed by atoms with Gasteiger partial charge in [-0.05, 0) is 67.5 Å². The number of aromatic nitrogens is 3. The van der Waals surface area contributed by atoms with E-state index in [9.17, 15) is 4.79 Å². The molecule has 216 valence electrons. The first-order chi connectivity index (χ1) is 20.5. The topological polar surface area (TPSA) is 78.3 Å². The number of carbonyl (C=O) groups excluding carboxylic acids is 1. The van der Waals surface area contributed by atoms with Gasteiger partial charge in [-0.1, -0.05) is 90.4 Å². The molecule has 1 aliphatic carbocycles. The number of hydrogen-bond acceptors (Lipinski definition) is 7. The van der Waals surface area contributed by atoms with Crippen LogP contribution in [0.3, 0.4) is 0 Å². The van der Waals surface area contributed by atoms with Crippen LogP contribution in [0.25, 0.3) is 0 Å². The summed E-state index contributed by atoms with van der Waals surface area (Å²) < 4.78 is 13.9. The largest absolute Gasteiger partial charge is 0.489 e. The standard InChI is InChI=1S/C33H33ClN4O3S/c1-22-29(31(39)41-27-13-6-3-7-14-27)30(24-16-18-26(19-17-24)40-20-23-10-4-2-5-11-23)38-32(35-22)36-33(37-38)42-21-25-12-8-9-15-28(25)34/h2,4-5,8-12,15-19,27,30H,3,6-7,13-14,20-21H2,1H3,(H,35,36,37). The number of carbonyl (C=O) groups is 1. The van der Waals surface area contributed by atoms with Crippen LogP contribution in [0.4, 0.5) is 5.95 Å². The maximum atomic E-state index is 13.7. The Morgan fingerprint density at radius 1 is 1.00 bits per heavy atom. The molecule has 0 amide bonds. The van der Waals surface area contributed by atoms with Crippen molar-refractivity contribution >= 4 is 35.3 Å². The van der Waals surface area contributed by atoms with Crippen molar-refractivity contribution in [1.82, 2.24) is 14.8 Å². The van der Waals surface area contributed by atoms with Crippen LogP contribution in [0.1, 0.15) is 61.8 Å². The van der Waals surface area contributed by atoms with E-state index in [1.54, 1.807) is 4.68 Å². The number of anilines is 1. The van der Waals surface area contributed by atoms with Crippen LogP contribution in [-0.2, 0) is 21.9 Å². The third kappa shape index (κ3) is 6.50. The molecule has 42 heavy (non-hydrogen) atoms. The van der Waals surface area contributed by atoms with E-state index >= 15 is 0 Å². The number of nitrogens with zero attached hydrogens (tertiary/aromatic N) is 3. The molecule has 4 aromatic rings. The van der Waals surface area contributed by atoms with Crippen molar-refractivity contribution in [2.24, 2.45) is 0 Å². The van der Waals surface area contributed by atoms with Gasteiger partial charge in [0.15, 0.2) is 0 Å². The van der Waals surface area contributed by atoms with Gasteiger partial charge < -0.3 is 14.8 Å². The number of rotatable bonds is 9. The summed E-state index contributed by atoms with van der Waals surface area (Å²) >= 11 is 7.88. The normalized spacial score (nSPS) is 17.0. The molecular formula is C33H33ClN4O3S. The molecule has 6 rings (SSSR count). The van der Waals surface area contributed by atoms with Gasteiger partial charge in [0.25, 0.3) is 0 Å². The SMILES string of the molecule is CC1=C(C(=O)OC2CCCCC2)C(c2ccc(OCc3ccccc3)cc2)n2nc(SCc3ccccc3Cl)nc2N1.